The minimum Gasteiger partial charge on any atom is -0.353 e. The lowest BCUT2D eigenvalue weighted by Crippen LogP contribution is -2.49. The fraction of sp³-hybridized carbons (Fsp3) is 0.444. The zero-order valence-corrected chi connectivity index (χ0v) is 18.6. The summed E-state index contributed by atoms with van der Waals surface area (Å²) < 4.78 is 28.2. The van der Waals surface area contributed by atoms with Crippen molar-refractivity contribution in [1.82, 2.24) is 14.3 Å². The van der Waals surface area contributed by atoms with Crippen molar-refractivity contribution >= 4 is 43.4 Å². The summed E-state index contributed by atoms with van der Waals surface area (Å²) >= 11 is 9.31. The molecule has 0 saturated carbocycles. The Morgan fingerprint density at radius 1 is 1.07 bits per heavy atom. The summed E-state index contributed by atoms with van der Waals surface area (Å²) in [4.78, 5) is 10.5. The van der Waals surface area contributed by atoms with Gasteiger partial charge in [0.2, 0.25) is 15.3 Å². The highest BCUT2D eigenvalue weighted by Crippen LogP contribution is 2.28. The number of halogens is 2. The number of nitrogens with zero attached hydrogens (tertiary/aromatic N) is 4. The van der Waals surface area contributed by atoms with Crippen LogP contribution in [0.25, 0.3) is 0 Å². The molecule has 0 unspecified atom stereocenters. The number of benzene rings is 1. The molecule has 2 heterocycles. The van der Waals surface area contributed by atoms with Gasteiger partial charge in [-0.15, -0.1) is 0 Å². The molecule has 0 atom stereocenters. The van der Waals surface area contributed by atoms with Gasteiger partial charge in [0.1, 0.15) is 5.82 Å². The molecule has 2 aromatic rings. The first-order valence-electron chi connectivity index (χ1n) is 8.63. The normalized spacial score (nSPS) is 16.6. The molecular weight excluding hydrogens is 452 g/mol. The summed E-state index contributed by atoms with van der Waals surface area (Å²) in [5.74, 6) is 0.682. The van der Waals surface area contributed by atoms with Crippen LogP contribution in [-0.2, 0) is 15.4 Å². The Morgan fingerprint density at radius 2 is 1.67 bits per heavy atom. The molecule has 6 nitrogen and oxygen atoms in total. The lowest BCUT2D eigenvalue weighted by Gasteiger charge is -2.35. The van der Waals surface area contributed by atoms with Crippen molar-refractivity contribution in [3.8, 4) is 0 Å². The highest BCUT2D eigenvalue weighted by atomic mass is 79.9. The van der Waals surface area contributed by atoms with Gasteiger partial charge in [0, 0.05) is 32.4 Å². The predicted octanol–water partition coefficient (Wildman–Crippen LogP) is 3.70. The zero-order valence-electron chi connectivity index (χ0n) is 15.5. The van der Waals surface area contributed by atoms with Crippen molar-refractivity contribution in [1.29, 1.82) is 0 Å². The van der Waals surface area contributed by atoms with Crippen LogP contribution in [0.1, 0.15) is 26.3 Å². The molecule has 1 saturated heterocycles. The van der Waals surface area contributed by atoms with Gasteiger partial charge >= 0.3 is 0 Å². The topological polar surface area (TPSA) is 66.4 Å². The maximum Gasteiger partial charge on any atom is 0.243 e. The van der Waals surface area contributed by atoms with Crippen LogP contribution < -0.4 is 4.90 Å². The number of aromatic nitrogens is 2. The van der Waals surface area contributed by atoms with E-state index >= 15 is 0 Å². The fourth-order valence-electron chi connectivity index (χ4n) is 2.98. The average Bonchev–Trinajstić information content (AvgIpc) is 2.63. The maximum absolute atomic E-state index is 13.0. The van der Waals surface area contributed by atoms with Crippen LogP contribution in [0.15, 0.2) is 39.8 Å². The van der Waals surface area contributed by atoms with E-state index in [-0.39, 0.29) is 10.7 Å². The van der Waals surface area contributed by atoms with Gasteiger partial charge in [-0.3, -0.25) is 0 Å². The van der Waals surface area contributed by atoms with E-state index in [1.807, 2.05) is 17.0 Å². The molecule has 0 spiro atoms. The lowest BCUT2D eigenvalue weighted by atomic mass is 9.87. The lowest BCUT2D eigenvalue weighted by molar-refractivity contribution is 0.383. The Kier molecular flexibility index (Phi) is 5.82. The van der Waals surface area contributed by atoms with Crippen LogP contribution in [0.4, 0.5) is 5.82 Å². The molecule has 1 fully saturated rings. The molecule has 0 N–H and O–H groups in total. The number of hydrogen-bond donors (Lipinski definition) is 0. The van der Waals surface area contributed by atoms with Crippen LogP contribution >= 0.6 is 27.5 Å². The van der Waals surface area contributed by atoms with E-state index in [2.05, 4.69) is 46.7 Å². The average molecular weight is 474 g/mol. The molecule has 0 aliphatic carbocycles. The van der Waals surface area contributed by atoms with Gasteiger partial charge in [-0.25, -0.2) is 13.4 Å². The van der Waals surface area contributed by atoms with Gasteiger partial charge in [0.05, 0.1) is 9.37 Å². The molecular formula is C18H22BrClN4O2S. The number of piperazine rings is 1. The molecule has 0 radical (unpaired) electrons. The summed E-state index contributed by atoms with van der Waals surface area (Å²) in [5, 5.41) is 0.169. The summed E-state index contributed by atoms with van der Waals surface area (Å²) in [7, 11) is -3.51. The van der Waals surface area contributed by atoms with Gasteiger partial charge in [-0.2, -0.15) is 9.29 Å². The summed E-state index contributed by atoms with van der Waals surface area (Å²) in [6, 6.07) is 7.18. The molecule has 0 bridgehead atoms. The van der Waals surface area contributed by atoms with Gasteiger partial charge < -0.3 is 4.90 Å². The molecule has 9 heteroatoms. The van der Waals surface area contributed by atoms with Gasteiger partial charge in [-0.05, 0) is 50.6 Å². The van der Waals surface area contributed by atoms with E-state index in [9.17, 15) is 8.42 Å². The minimum absolute atomic E-state index is 0.0138. The SMILES string of the molecule is CC(C)(C)c1ccc(S(=O)(=O)N2CCN(c3nc(Cl)ncc3Br)CC2)cc1. The summed E-state index contributed by atoms with van der Waals surface area (Å²) in [5.41, 5.74) is 1.09. The summed E-state index contributed by atoms with van der Waals surface area (Å²) in [6.07, 6.45) is 1.60. The number of sulfonamides is 1. The number of rotatable bonds is 3. The van der Waals surface area contributed by atoms with E-state index in [4.69, 9.17) is 11.6 Å². The van der Waals surface area contributed by atoms with Gasteiger partial charge in [0.25, 0.3) is 0 Å². The highest BCUT2D eigenvalue weighted by Gasteiger charge is 2.30. The van der Waals surface area contributed by atoms with E-state index in [1.54, 1.807) is 18.3 Å². The second-order valence-electron chi connectivity index (χ2n) is 7.48. The van der Waals surface area contributed by atoms with Crippen molar-refractivity contribution in [2.75, 3.05) is 31.1 Å². The Hall–Kier alpha value is -1.22. The molecule has 1 aliphatic rings. The zero-order chi connectivity index (χ0) is 19.8. The third kappa shape index (κ3) is 4.45. The third-order valence-corrected chi connectivity index (χ3v) is 7.25. The molecule has 27 heavy (non-hydrogen) atoms. The van der Waals surface area contributed by atoms with E-state index in [1.165, 1.54) is 4.31 Å². The van der Waals surface area contributed by atoms with Gasteiger partial charge in [-0.1, -0.05) is 32.9 Å². The highest BCUT2D eigenvalue weighted by molar-refractivity contribution is 9.10. The Morgan fingerprint density at radius 3 is 2.22 bits per heavy atom. The molecule has 1 aromatic carbocycles. The largest absolute Gasteiger partial charge is 0.353 e. The van der Waals surface area contributed by atoms with Crippen LogP contribution in [0.2, 0.25) is 5.28 Å². The molecule has 146 valence electrons. The first-order valence-corrected chi connectivity index (χ1v) is 11.2. The molecule has 1 aliphatic heterocycles. The molecule has 0 amide bonds. The van der Waals surface area contributed by atoms with Crippen molar-refractivity contribution in [2.24, 2.45) is 0 Å². The summed E-state index contributed by atoms with van der Waals surface area (Å²) in [6.45, 7) is 8.15. The first-order chi connectivity index (χ1) is 12.6. The third-order valence-electron chi connectivity index (χ3n) is 4.59. The second kappa shape index (κ2) is 7.66. The number of hydrogen-bond acceptors (Lipinski definition) is 5. The van der Waals surface area contributed by atoms with Crippen molar-refractivity contribution < 1.29 is 8.42 Å². The molecule has 3 rings (SSSR count). The standard InChI is InChI=1S/C18H22BrClN4O2S/c1-18(2,3)13-4-6-14(7-5-13)27(25,26)24-10-8-23(9-11-24)16-15(19)12-21-17(20)22-16/h4-7,12H,8-11H2,1-3H3. The van der Waals surface area contributed by atoms with Crippen LogP contribution in [0.5, 0.6) is 0 Å². The first kappa shape index (κ1) is 20.5. The molecule has 1 aromatic heterocycles. The fourth-order valence-corrected chi connectivity index (χ4v) is 4.97. The Balaban J connectivity index is 1.74. The van der Waals surface area contributed by atoms with E-state index < -0.39 is 10.0 Å². The smallest absolute Gasteiger partial charge is 0.243 e. The van der Waals surface area contributed by atoms with Gasteiger partial charge in [0.15, 0.2) is 0 Å². The van der Waals surface area contributed by atoms with E-state index in [0.717, 1.165) is 10.0 Å². The van der Waals surface area contributed by atoms with Crippen LogP contribution in [0.3, 0.4) is 0 Å². The van der Waals surface area contributed by atoms with Crippen LogP contribution in [0, 0.1) is 0 Å². The van der Waals surface area contributed by atoms with Crippen molar-refractivity contribution in [3.05, 3.63) is 45.8 Å². The Bertz CT molecular complexity index is 921. The maximum atomic E-state index is 13.0. The number of anilines is 1. The minimum atomic E-state index is -3.51. The predicted molar refractivity (Wildman–Crippen MR) is 111 cm³/mol. The quantitative estimate of drug-likeness (QED) is 0.636. The monoisotopic (exact) mass is 472 g/mol. The van der Waals surface area contributed by atoms with E-state index in [0.29, 0.717) is 36.9 Å². The second-order valence-corrected chi connectivity index (χ2v) is 10.6. The van der Waals surface area contributed by atoms with Crippen molar-refractivity contribution in [2.45, 2.75) is 31.1 Å². The van der Waals surface area contributed by atoms with Crippen molar-refractivity contribution in [3.63, 3.8) is 0 Å². The Labute approximate surface area is 173 Å². The van der Waals surface area contributed by atoms with Crippen LogP contribution in [-0.4, -0.2) is 48.9 Å².